The molecule has 0 radical (unpaired) electrons. The summed E-state index contributed by atoms with van der Waals surface area (Å²) in [5.41, 5.74) is -0.0778. The molecule has 54 valence electrons. The van der Waals surface area contributed by atoms with Crippen LogP contribution in [0.25, 0.3) is 0 Å². The van der Waals surface area contributed by atoms with Gasteiger partial charge in [-0.15, -0.1) is 0 Å². The van der Waals surface area contributed by atoms with Crippen LogP contribution in [0.4, 0.5) is 0 Å². The van der Waals surface area contributed by atoms with Gasteiger partial charge in [0.1, 0.15) is 8.84 Å². The molecule has 0 bridgehead atoms. The van der Waals surface area contributed by atoms with Crippen LogP contribution in [0.3, 0.4) is 0 Å². The van der Waals surface area contributed by atoms with Crippen molar-refractivity contribution in [2.45, 2.75) is 12.4 Å². The second kappa shape index (κ2) is 4.64. The maximum absolute atomic E-state index is 10.5. The molecule has 0 unspecified atom stereocenters. The average molecular weight is 152 g/mol. The SMILES string of the molecule is [2H]N([2H])[C@@]([2H])(CCSC)C(=O)O. The number of hydrogen-bond acceptors (Lipinski definition) is 3. The zero-order valence-corrected chi connectivity index (χ0v) is 5.94. The normalized spacial score (nSPS) is 21.8. The topological polar surface area (TPSA) is 63.3 Å². The van der Waals surface area contributed by atoms with Crippen LogP contribution < -0.4 is 5.72 Å². The van der Waals surface area contributed by atoms with E-state index in [0.29, 0.717) is 5.75 Å². The number of nitrogens with two attached hydrogens (primary N) is 1. The molecule has 0 aromatic heterocycles. The summed E-state index contributed by atoms with van der Waals surface area (Å²) in [6.07, 6.45) is 1.75. The molecule has 0 fully saturated rings. The van der Waals surface area contributed by atoms with Crippen molar-refractivity contribution < 1.29 is 14.1 Å². The van der Waals surface area contributed by atoms with Crippen LogP contribution in [0.5, 0.6) is 0 Å². The fourth-order valence-electron chi connectivity index (χ4n) is 0.306. The van der Waals surface area contributed by atoms with Crippen LogP contribution in [-0.2, 0) is 4.79 Å². The Morgan fingerprint density at radius 1 is 2.22 bits per heavy atom. The van der Waals surface area contributed by atoms with Gasteiger partial charge in [-0.3, -0.25) is 4.79 Å². The van der Waals surface area contributed by atoms with Crippen LogP contribution in [0, 0.1) is 0 Å². The Bertz CT molecular complexity index is 169. The summed E-state index contributed by atoms with van der Waals surface area (Å²) in [5.74, 6) is -1.01. The van der Waals surface area contributed by atoms with E-state index in [4.69, 9.17) is 9.30 Å². The number of rotatable bonds is 5. The van der Waals surface area contributed by atoms with Crippen LogP contribution in [0.1, 0.15) is 7.79 Å². The minimum atomic E-state index is -2.14. The molecule has 0 heterocycles. The molecule has 9 heavy (non-hydrogen) atoms. The van der Waals surface area contributed by atoms with Crippen molar-refractivity contribution in [1.29, 1.82) is 0 Å². The Morgan fingerprint density at radius 2 is 2.89 bits per heavy atom. The molecule has 0 aromatic carbocycles. The van der Waals surface area contributed by atoms with E-state index >= 15 is 0 Å². The summed E-state index contributed by atoms with van der Waals surface area (Å²) in [6.45, 7) is 0. The second-order valence-corrected chi connectivity index (χ2v) is 2.48. The molecule has 0 aliphatic rings. The molecule has 4 heteroatoms. The Kier molecular flexibility index (Phi) is 2.36. The standard InChI is InChI=1S/C5H11NO2S/c1-9-3-2-4(6)5(7)8/h4H,2-3,6H2,1H3,(H,7,8)/t4-/m0/s1/i4D/hD2. The Hall–Kier alpha value is -0.220. The molecule has 3 nitrogen and oxygen atoms in total. The Morgan fingerprint density at radius 3 is 3.22 bits per heavy atom. The first-order valence-electron chi connectivity index (χ1n) is 3.85. The molecule has 3 N–H and O–H groups in total. The van der Waals surface area contributed by atoms with Gasteiger partial charge in [0.05, 0.1) is 1.37 Å². The minimum absolute atomic E-state index is 0.0312. The van der Waals surface area contributed by atoms with Crippen molar-refractivity contribution in [3.05, 3.63) is 0 Å². The van der Waals surface area contributed by atoms with E-state index in [0.717, 1.165) is 0 Å². The van der Waals surface area contributed by atoms with Crippen LogP contribution in [0.15, 0.2) is 0 Å². The summed E-state index contributed by atoms with van der Waals surface area (Å²) in [4.78, 5) is 10.5. The van der Waals surface area contributed by atoms with E-state index in [2.05, 4.69) is 0 Å². The van der Waals surface area contributed by atoms with E-state index < -0.39 is 12.0 Å². The largest absolute Gasteiger partial charge is 0.480 e. The molecular formula is C5H11NO2S. The van der Waals surface area contributed by atoms with Gasteiger partial charge in [-0.1, -0.05) is 0 Å². The van der Waals surface area contributed by atoms with Gasteiger partial charge in [0.15, 0.2) is 0 Å². The van der Waals surface area contributed by atoms with E-state index in [9.17, 15) is 4.79 Å². The summed E-state index contributed by atoms with van der Waals surface area (Å²) in [6, 6.07) is -2.14. The highest BCUT2D eigenvalue weighted by Gasteiger charge is 2.08. The zero-order valence-electron chi connectivity index (χ0n) is 8.13. The lowest BCUT2D eigenvalue weighted by molar-refractivity contribution is -0.138. The first-order valence-corrected chi connectivity index (χ1v) is 3.85. The number of carbonyl (C=O) groups is 1. The van der Waals surface area contributed by atoms with Crippen molar-refractivity contribution >= 4 is 17.7 Å². The molecule has 0 aromatic rings. The minimum Gasteiger partial charge on any atom is -0.480 e. The number of carboxylic acid groups (broad SMARTS) is 1. The summed E-state index contributed by atoms with van der Waals surface area (Å²) in [5, 5.41) is 8.55. The van der Waals surface area contributed by atoms with Crippen LogP contribution in [-0.4, -0.2) is 29.1 Å². The molecule has 0 saturated carbocycles. The predicted molar refractivity (Wildman–Crippen MR) is 38.6 cm³/mol. The molecule has 0 saturated heterocycles. The van der Waals surface area contributed by atoms with Crippen LogP contribution in [0.2, 0.25) is 2.82 Å². The number of aliphatic carboxylic acids is 1. The monoisotopic (exact) mass is 152 g/mol. The molecule has 1 atom stereocenters. The van der Waals surface area contributed by atoms with E-state index in [-0.39, 0.29) is 12.1 Å². The summed E-state index contributed by atoms with van der Waals surface area (Å²) < 4.78 is 20.8. The third-order valence-corrected chi connectivity index (χ3v) is 1.40. The highest BCUT2D eigenvalue weighted by atomic mass is 32.2. The van der Waals surface area contributed by atoms with Gasteiger partial charge < -0.3 is 10.8 Å². The zero-order chi connectivity index (χ0) is 9.78. The van der Waals surface area contributed by atoms with Crippen LogP contribution >= 0.6 is 11.8 Å². The van der Waals surface area contributed by atoms with E-state index in [1.54, 1.807) is 6.26 Å². The smallest absolute Gasteiger partial charge is 0.320 e. The molecule has 0 rings (SSSR count). The quantitative estimate of drug-likeness (QED) is 0.588. The lowest BCUT2D eigenvalue weighted by Crippen LogP contribution is -2.30. The van der Waals surface area contributed by atoms with Gasteiger partial charge >= 0.3 is 5.97 Å². The van der Waals surface area contributed by atoms with Crippen molar-refractivity contribution in [3.63, 3.8) is 0 Å². The third-order valence-electron chi connectivity index (χ3n) is 0.790. The van der Waals surface area contributed by atoms with E-state index in [1.807, 2.05) is 0 Å². The summed E-state index contributed by atoms with van der Waals surface area (Å²) >= 11 is 1.39. The highest BCUT2D eigenvalue weighted by molar-refractivity contribution is 7.98. The number of hydrogen-bond donors (Lipinski definition) is 2. The third kappa shape index (κ3) is 4.29. The van der Waals surface area contributed by atoms with E-state index in [1.165, 1.54) is 11.8 Å². The molecule has 0 aliphatic heterocycles. The number of carboxylic acids is 1. The molecule has 0 aliphatic carbocycles. The van der Waals surface area contributed by atoms with Gasteiger partial charge in [0.25, 0.3) is 0 Å². The fraction of sp³-hybridized carbons (Fsp3) is 0.800. The predicted octanol–water partition coefficient (Wildman–Crippen LogP) is 0.151. The average Bonchev–Trinajstić information content (AvgIpc) is 1.99. The van der Waals surface area contributed by atoms with Gasteiger partial charge in [-0.2, -0.15) is 11.8 Å². The fourth-order valence-corrected chi connectivity index (χ4v) is 0.703. The molecule has 0 spiro atoms. The first kappa shape index (κ1) is 4.57. The maximum atomic E-state index is 10.5. The van der Waals surface area contributed by atoms with Crippen molar-refractivity contribution in [1.82, 2.24) is 0 Å². The Labute approximate surface area is 62.9 Å². The molecular weight excluding hydrogens is 138 g/mol. The number of thioether (sulfide) groups is 1. The maximum Gasteiger partial charge on any atom is 0.320 e. The van der Waals surface area contributed by atoms with Gasteiger partial charge in [-0.05, 0) is 18.4 Å². The lowest BCUT2D eigenvalue weighted by Gasteiger charge is -2.02. The van der Waals surface area contributed by atoms with Gasteiger partial charge in [0.2, 0.25) is 0 Å². The summed E-state index contributed by atoms with van der Waals surface area (Å²) in [7, 11) is 0. The molecule has 0 amide bonds. The van der Waals surface area contributed by atoms with Gasteiger partial charge in [-0.25, -0.2) is 0 Å². The Balaban J connectivity index is 4.29. The van der Waals surface area contributed by atoms with Crippen molar-refractivity contribution in [2.24, 2.45) is 5.72 Å². The van der Waals surface area contributed by atoms with Crippen molar-refractivity contribution in [2.75, 3.05) is 12.0 Å². The van der Waals surface area contributed by atoms with Crippen molar-refractivity contribution in [3.8, 4) is 0 Å². The van der Waals surface area contributed by atoms with Gasteiger partial charge in [0, 0.05) is 0 Å². The highest BCUT2D eigenvalue weighted by Crippen LogP contribution is 1.97. The first-order chi connectivity index (χ1) is 5.45. The lowest BCUT2D eigenvalue weighted by atomic mass is 10.2. The second-order valence-electron chi connectivity index (χ2n) is 1.49.